The molecule has 138 valence electrons. The Bertz CT molecular complexity index is 851. The molecular weight excluding hydrogens is 330 g/mol. The minimum atomic E-state index is 0.468. The van der Waals surface area contributed by atoms with Crippen LogP contribution >= 0.6 is 0 Å². The Morgan fingerprint density at radius 1 is 1.23 bits per heavy atom. The number of likely N-dealkylation sites (tertiary alicyclic amines) is 1. The summed E-state index contributed by atoms with van der Waals surface area (Å²) in [5.74, 6) is 1.30. The van der Waals surface area contributed by atoms with Gasteiger partial charge in [-0.25, -0.2) is 0 Å². The van der Waals surface area contributed by atoms with Crippen molar-refractivity contribution in [2.45, 2.75) is 25.7 Å². The van der Waals surface area contributed by atoms with Crippen LogP contribution in [-0.2, 0) is 0 Å². The van der Waals surface area contributed by atoms with Gasteiger partial charge in [-0.05, 0) is 57.1 Å². The van der Waals surface area contributed by atoms with Crippen molar-refractivity contribution in [3.8, 4) is 17.2 Å². The number of aromatic amines is 1. The summed E-state index contributed by atoms with van der Waals surface area (Å²) in [5.41, 5.74) is 1.89. The zero-order valence-electron chi connectivity index (χ0n) is 15.1. The monoisotopic (exact) mass is 355 g/mol. The third kappa shape index (κ3) is 3.67. The lowest BCUT2D eigenvalue weighted by molar-refractivity contribution is 0.228. The Labute approximate surface area is 152 Å². The molecule has 26 heavy (non-hydrogen) atoms. The maximum atomic E-state index is 5.79. The summed E-state index contributed by atoms with van der Waals surface area (Å²) in [6.07, 6.45) is 6.99. The van der Waals surface area contributed by atoms with Crippen molar-refractivity contribution in [1.29, 1.82) is 0 Å². The summed E-state index contributed by atoms with van der Waals surface area (Å²) in [4.78, 5) is 5.76. The number of nitrogens with one attached hydrogen (secondary N) is 2. The number of aromatic nitrogens is 3. The van der Waals surface area contributed by atoms with Crippen molar-refractivity contribution in [3.63, 3.8) is 0 Å². The number of fused-ring (bicyclic) bond motifs is 1. The van der Waals surface area contributed by atoms with Gasteiger partial charge in [0.15, 0.2) is 0 Å². The quantitative estimate of drug-likeness (QED) is 0.631. The molecule has 4 rings (SSSR count). The van der Waals surface area contributed by atoms with E-state index in [0.29, 0.717) is 11.9 Å². The minimum absolute atomic E-state index is 0.468. The molecular formula is C19H25N5O2. The maximum absolute atomic E-state index is 5.79. The van der Waals surface area contributed by atoms with Crippen molar-refractivity contribution in [2.75, 3.05) is 38.6 Å². The van der Waals surface area contributed by atoms with E-state index in [1.807, 2.05) is 24.4 Å². The van der Waals surface area contributed by atoms with Crippen LogP contribution in [0.3, 0.4) is 0 Å². The first-order valence-corrected chi connectivity index (χ1v) is 9.29. The number of rotatable bonds is 7. The molecule has 3 aromatic rings. The van der Waals surface area contributed by atoms with E-state index in [4.69, 9.17) is 9.15 Å². The first-order valence-electron chi connectivity index (χ1n) is 9.29. The second-order valence-corrected chi connectivity index (χ2v) is 6.71. The molecule has 0 radical (unpaired) electrons. The van der Waals surface area contributed by atoms with E-state index in [9.17, 15) is 0 Å². The lowest BCUT2D eigenvalue weighted by Crippen LogP contribution is -2.31. The first-order chi connectivity index (χ1) is 12.8. The van der Waals surface area contributed by atoms with E-state index in [0.717, 1.165) is 41.7 Å². The largest absolute Gasteiger partial charge is 0.497 e. The van der Waals surface area contributed by atoms with E-state index >= 15 is 0 Å². The van der Waals surface area contributed by atoms with Gasteiger partial charge in [-0.1, -0.05) is 11.5 Å². The zero-order chi connectivity index (χ0) is 17.8. The molecule has 1 aliphatic rings. The number of methoxy groups -OCH3 is 1. The van der Waals surface area contributed by atoms with Gasteiger partial charge in [0, 0.05) is 23.6 Å². The molecule has 3 heterocycles. The standard InChI is InChI=1S/C19H25N5O2/c1-25-14-6-7-17-15(12-14)16(13-21-17)18-22-23-19(26-18)20-8-5-11-24-9-3-2-4-10-24/h6-7,12-13,21H,2-5,8-11H2,1H3,(H,20,23). The summed E-state index contributed by atoms with van der Waals surface area (Å²) in [7, 11) is 1.66. The van der Waals surface area contributed by atoms with E-state index in [1.54, 1.807) is 7.11 Å². The molecule has 0 amide bonds. The Morgan fingerprint density at radius 2 is 2.12 bits per heavy atom. The minimum Gasteiger partial charge on any atom is -0.497 e. The summed E-state index contributed by atoms with van der Waals surface area (Å²) in [6.45, 7) is 4.42. The summed E-state index contributed by atoms with van der Waals surface area (Å²) < 4.78 is 11.1. The molecule has 0 atom stereocenters. The highest BCUT2D eigenvalue weighted by molar-refractivity contribution is 5.94. The number of ether oxygens (including phenoxy) is 1. The Morgan fingerprint density at radius 3 is 2.96 bits per heavy atom. The lowest BCUT2D eigenvalue weighted by Gasteiger charge is -2.26. The fourth-order valence-corrected chi connectivity index (χ4v) is 3.49. The van der Waals surface area contributed by atoms with E-state index in [-0.39, 0.29) is 0 Å². The summed E-state index contributed by atoms with van der Waals surface area (Å²) in [5, 5.41) is 12.5. The molecule has 0 spiro atoms. The molecule has 7 heteroatoms. The van der Waals surface area contributed by atoms with Gasteiger partial charge in [0.05, 0.1) is 12.7 Å². The van der Waals surface area contributed by atoms with Crippen LogP contribution in [0.1, 0.15) is 25.7 Å². The lowest BCUT2D eigenvalue weighted by atomic mass is 10.1. The van der Waals surface area contributed by atoms with Crippen LogP contribution < -0.4 is 10.1 Å². The molecule has 0 bridgehead atoms. The van der Waals surface area contributed by atoms with Crippen molar-refractivity contribution >= 4 is 16.9 Å². The number of anilines is 1. The van der Waals surface area contributed by atoms with Gasteiger partial charge >= 0.3 is 6.01 Å². The smallest absolute Gasteiger partial charge is 0.315 e. The molecule has 1 aliphatic heterocycles. The number of benzene rings is 1. The molecule has 0 saturated carbocycles. The van der Waals surface area contributed by atoms with Gasteiger partial charge in [0.2, 0.25) is 0 Å². The molecule has 2 aromatic heterocycles. The van der Waals surface area contributed by atoms with Crippen LogP contribution in [0.4, 0.5) is 6.01 Å². The number of nitrogens with zero attached hydrogens (tertiary/aromatic N) is 3. The van der Waals surface area contributed by atoms with Gasteiger partial charge in [0.25, 0.3) is 5.89 Å². The summed E-state index contributed by atoms with van der Waals surface area (Å²) in [6, 6.07) is 6.34. The second kappa shape index (κ2) is 7.78. The van der Waals surface area contributed by atoms with Crippen LogP contribution in [0.5, 0.6) is 5.75 Å². The number of H-pyrrole nitrogens is 1. The fourth-order valence-electron chi connectivity index (χ4n) is 3.49. The molecule has 1 fully saturated rings. The van der Waals surface area contributed by atoms with Crippen LogP contribution in [0, 0.1) is 0 Å². The third-order valence-electron chi connectivity index (χ3n) is 4.92. The highest BCUT2D eigenvalue weighted by atomic mass is 16.5. The highest BCUT2D eigenvalue weighted by Crippen LogP contribution is 2.31. The van der Waals surface area contributed by atoms with Gasteiger partial charge in [-0.15, -0.1) is 5.10 Å². The SMILES string of the molecule is COc1ccc2[nH]cc(-c3nnc(NCCCN4CCCCC4)o3)c2c1. The molecule has 1 saturated heterocycles. The number of hydrogen-bond acceptors (Lipinski definition) is 6. The molecule has 2 N–H and O–H groups in total. The van der Waals surface area contributed by atoms with Gasteiger partial charge < -0.3 is 24.4 Å². The number of hydrogen-bond donors (Lipinski definition) is 2. The maximum Gasteiger partial charge on any atom is 0.315 e. The average Bonchev–Trinajstić information content (AvgIpc) is 3.32. The van der Waals surface area contributed by atoms with Crippen molar-refractivity contribution in [1.82, 2.24) is 20.1 Å². The third-order valence-corrected chi connectivity index (χ3v) is 4.92. The van der Waals surface area contributed by atoms with E-state index in [1.165, 1.54) is 32.4 Å². The Hall–Kier alpha value is -2.54. The predicted molar refractivity (Wildman–Crippen MR) is 102 cm³/mol. The normalized spacial score (nSPS) is 15.4. The van der Waals surface area contributed by atoms with E-state index < -0.39 is 0 Å². The van der Waals surface area contributed by atoms with Crippen LogP contribution in [0.25, 0.3) is 22.4 Å². The predicted octanol–water partition coefficient (Wildman–Crippen LogP) is 3.51. The molecule has 7 nitrogen and oxygen atoms in total. The Balaban J connectivity index is 1.37. The second-order valence-electron chi connectivity index (χ2n) is 6.71. The van der Waals surface area contributed by atoms with Crippen LogP contribution in [-0.4, -0.2) is 53.4 Å². The van der Waals surface area contributed by atoms with Crippen molar-refractivity contribution < 1.29 is 9.15 Å². The summed E-state index contributed by atoms with van der Waals surface area (Å²) >= 11 is 0. The Kier molecular flexibility index (Phi) is 5.06. The average molecular weight is 355 g/mol. The van der Waals surface area contributed by atoms with E-state index in [2.05, 4.69) is 25.4 Å². The van der Waals surface area contributed by atoms with Crippen LogP contribution in [0.2, 0.25) is 0 Å². The highest BCUT2D eigenvalue weighted by Gasteiger charge is 2.14. The van der Waals surface area contributed by atoms with Crippen molar-refractivity contribution in [3.05, 3.63) is 24.4 Å². The molecule has 1 aromatic carbocycles. The molecule has 0 unspecified atom stereocenters. The molecule has 0 aliphatic carbocycles. The van der Waals surface area contributed by atoms with Gasteiger partial charge in [-0.3, -0.25) is 0 Å². The number of piperidine rings is 1. The topological polar surface area (TPSA) is 79.2 Å². The first kappa shape index (κ1) is 16.9. The van der Waals surface area contributed by atoms with Crippen LogP contribution in [0.15, 0.2) is 28.8 Å². The zero-order valence-corrected chi connectivity index (χ0v) is 15.1. The fraction of sp³-hybridized carbons (Fsp3) is 0.474. The van der Waals surface area contributed by atoms with Crippen molar-refractivity contribution in [2.24, 2.45) is 0 Å². The van der Waals surface area contributed by atoms with Gasteiger partial charge in [0.1, 0.15) is 5.75 Å². The van der Waals surface area contributed by atoms with Gasteiger partial charge in [-0.2, -0.15) is 0 Å².